The molecule has 2 aromatic rings. The van der Waals surface area contributed by atoms with E-state index in [9.17, 15) is 9.59 Å². The van der Waals surface area contributed by atoms with Crippen LogP contribution in [0.25, 0.3) is 0 Å². The van der Waals surface area contributed by atoms with Gasteiger partial charge in [0.25, 0.3) is 5.91 Å². The molecule has 0 aliphatic heterocycles. The van der Waals surface area contributed by atoms with Crippen LogP contribution in [0.5, 0.6) is 11.5 Å². The van der Waals surface area contributed by atoms with Crippen molar-refractivity contribution in [3.05, 3.63) is 53.1 Å². The third-order valence-corrected chi connectivity index (χ3v) is 3.64. The number of aryl methyl sites for hydroxylation is 1. The first-order chi connectivity index (χ1) is 11.5. The van der Waals surface area contributed by atoms with Crippen LogP contribution in [-0.2, 0) is 6.42 Å². The number of primary amides is 1. The van der Waals surface area contributed by atoms with Gasteiger partial charge in [0.15, 0.2) is 11.5 Å². The van der Waals surface area contributed by atoms with E-state index in [4.69, 9.17) is 15.2 Å². The highest BCUT2D eigenvalue weighted by molar-refractivity contribution is 6.06. The van der Waals surface area contributed by atoms with Crippen molar-refractivity contribution in [3.63, 3.8) is 0 Å². The molecule has 0 aliphatic carbocycles. The summed E-state index contributed by atoms with van der Waals surface area (Å²) in [6.45, 7) is 1.95. The van der Waals surface area contributed by atoms with Gasteiger partial charge in [-0.15, -0.1) is 0 Å². The van der Waals surface area contributed by atoms with Gasteiger partial charge in [0.1, 0.15) is 0 Å². The summed E-state index contributed by atoms with van der Waals surface area (Å²) in [5.74, 6) is 0.202. The van der Waals surface area contributed by atoms with Crippen LogP contribution in [0.2, 0.25) is 0 Å². The lowest BCUT2D eigenvalue weighted by molar-refractivity contribution is 0.0996. The summed E-state index contributed by atoms with van der Waals surface area (Å²) in [7, 11) is 3.06. The lowest BCUT2D eigenvalue weighted by Crippen LogP contribution is -2.16. The van der Waals surface area contributed by atoms with Gasteiger partial charge in [-0.05, 0) is 42.3 Å². The molecule has 24 heavy (non-hydrogen) atoms. The lowest BCUT2D eigenvalue weighted by atomic mass is 10.0. The van der Waals surface area contributed by atoms with Crippen LogP contribution in [0.3, 0.4) is 0 Å². The summed E-state index contributed by atoms with van der Waals surface area (Å²) in [6, 6.07) is 9.90. The van der Waals surface area contributed by atoms with E-state index < -0.39 is 5.91 Å². The molecule has 2 aromatic carbocycles. The van der Waals surface area contributed by atoms with E-state index in [-0.39, 0.29) is 5.91 Å². The smallest absolute Gasteiger partial charge is 0.256 e. The summed E-state index contributed by atoms with van der Waals surface area (Å²) >= 11 is 0. The Morgan fingerprint density at radius 1 is 1.08 bits per heavy atom. The van der Waals surface area contributed by atoms with Crippen molar-refractivity contribution in [2.75, 3.05) is 19.5 Å². The molecule has 0 fully saturated rings. The van der Waals surface area contributed by atoms with Crippen molar-refractivity contribution in [2.45, 2.75) is 13.3 Å². The Hall–Kier alpha value is -3.02. The standard InChI is InChI=1S/C18H20N2O4/c1-4-11-9-15(23-2)16(24-3)10-14(11)18(22)20-13-7-5-6-12(8-13)17(19)21/h5-10H,4H2,1-3H3,(H2,19,21)(H,20,22). The fourth-order valence-electron chi connectivity index (χ4n) is 2.37. The van der Waals surface area contributed by atoms with Gasteiger partial charge in [-0.1, -0.05) is 13.0 Å². The van der Waals surface area contributed by atoms with E-state index in [2.05, 4.69) is 5.32 Å². The molecule has 2 amide bonds. The van der Waals surface area contributed by atoms with E-state index in [1.165, 1.54) is 13.2 Å². The largest absolute Gasteiger partial charge is 0.493 e. The molecule has 0 heterocycles. The number of carbonyl (C=O) groups is 2. The molecule has 6 nitrogen and oxygen atoms in total. The second-order valence-electron chi connectivity index (χ2n) is 5.12. The summed E-state index contributed by atoms with van der Waals surface area (Å²) in [6.07, 6.45) is 0.657. The Kier molecular flexibility index (Phi) is 5.42. The molecule has 126 valence electrons. The number of rotatable bonds is 6. The first-order valence-corrected chi connectivity index (χ1v) is 7.46. The Balaban J connectivity index is 2.35. The second kappa shape index (κ2) is 7.50. The number of carbonyl (C=O) groups excluding carboxylic acids is 2. The third-order valence-electron chi connectivity index (χ3n) is 3.64. The molecule has 0 unspecified atom stereocenters. The van der Waals surface area contributed by atoms with Gasteiger partial charge in [0.05, 0.1) is 14.2 Å². The second-order valence-corrected chi connectivity index (χ2v) is 5.12. The molecular weight excluding hydrogens is 308 g/mol. The molecule has 0 spiro atoms. The van der Waals surface area contributed by atoms with Gasteiger partial charge in [0, 0.05) is 16.8 Å². The van der Waals surface area contributed by atoms with Crippen molar-refractivity contribution in [2.24, 2.45) is 5.73 Å². The van der Waals surface area contributed by atoms with Gasteiger partial charge in [0.2, 0.25) is 5.91 Å². The number of methoxy groups -OCH3 is 2. The maximum Gasteiger partial charge on any atom is 0.256 e. The van der Waals surface area contributed by atoms with Gasteiger partial charge in [-0.25, -0.2) is 0 Å². The van der Waals surface area contributed by atoms with E-state index in [0.29, 0.717) is 34.7 Å². The fourth-order valence-corrected chi connectivity index (χ4v) is 2.37. The first kappa shape index (κ1) is 17.3. The average molecular weight is 328 g/mol. The number of hydrogen-bond donors (Lipinski definition) is 2. The van der Waals surface area contributed by atoms with Gasteiger partial charge < -0.3 is 20.5 Å². The molecule has 0 saturated carbocycles. The predicted molar refractivity (Wildman–Crippen MR) is 91.8 cm³/mol. The number of ether oxygens (including phenoxy) is 2. The van der Waals surface area contributed by atoms with E-state index in [0.717, 1.165) is 5.56 Å². The van der Waals surface area contributed by atoms with Gasteiger partial charge >= 0.3 is 0 Å². The van der Waals surface area contributed by atoms with E-state index >= 15 is 0 Å². The third kappa shape index (κ3) is 3.65. The van der Waals surface area contributed by atoms with Crippen LogP contribution in [0.4, 0.5) is 5.69 Å². The Labute approximate surface area is 140 Å². The number of hydrogen-bond acceptors (Lipinski definition) is 4. The summed E-state index contributed by atoms with van der Waals surface area (Å²) in [4.78, 5) is 23.9. The predicted octanol–water partition coefficient (Wildman–Crippen LogP) is 2.62. The number of nitrogens with one attached hydrogen (secondary N) is 1. The lowest BCUT2D eigenvalue weighted by Gasteiger charge is -2.14. The zero-order chi connectivity index (χ0) is 17.7. The minimum absolute atomic E-state index is 0.297. The molecule has 0 aromatic heterocycles. The minimum atomic E-state index is -0.550. The van der Waals surface area contributed by atoms with Crippen LogP contribution < -0.4 is 20.5 Å². The van der Waals surface area contributed by atoms with Crippen molar-refractivity contribution < 1.29 is 19.1 Å². The number of nitrogens with two attached hydrogens (primary N) is 1. The molecule has 0 saturated heterocycles. The minimum Gasteiger partial charge on any atom is -0.493 e. The van der Waals surface area contributed by atoms with Crippen molar-refractivity contribution in [1.29, 1.82) is 0 Å². The highest BCUT2D eigenvalue weighted by Crippen LogP contribution is 2.31. The molecule has 0 bridgehead atoms. The van der Waals surface area contributed by atoms with Crippen molar-refractivity contribution >= 4 is 17.5 Å². The number of benzene rings is 2. The quantitative estimate of drug-likeness (QED) is 0.853. The SMILES string of the molecule is CCc1cc(OC)c(OC)cc1C(=O)Nc1cccc(C(N)=O)c1. The van der Waals surface area contributed by atoms with E-state index in [1.807, 2.05) is 6.92 Å². The van der Waals surface area contributed by atoms with Gasteiger partial charge in [-0.3, -0.25) is 9.59 Å². The zero-order valence-corrected chi connectivity index (χ0v) is 13.9. The molecule has 0 radical (unpaired) electrons. The van der Waals surface area contributed by atoms with Crippen molar-refractivity contribution in [3.8, 4) is 11.5 Å². The van der Waals surface area contributed by atoms with Crippen molar-refractivity contribution in [1.82, 2.24) is 0 Å². The monoisotopic (exact) mass is 328 g/mol. The molecule has 0 atom stereocenters. The van der Waals surface area contributed by atoms with Crippen LogP contribution >= 0.6 is 0 Å². The Morgan fingerprint density at radius 3 is 2.33 bits per heavy atom. The molecule has 3 N–H and O–H groups in total. The highest BCUT2D eigenvalue weighted by atomic mass is 16.5. The van der Waals surface area contributed by atoms with Gasteiger partial charge in [-0.2, -0.15) is 0 Å². The highest BCUT2D eigenvalue weighted by Gasteiger charge is 2.16. The van der Waals surface area contributed by atoms with E-state index in [1.54, 1.807) is 37.4 Å². The topological polar surface area (TPSA) is 90.7 Å². The molecular formula is C18H20N2O4. The maximum absolute atomic E-state index is 12.6. The normalized spacial score (nSPS) is 10.1. The van der Waals surface area contributed by atoms with Crippen LogP contribution in [0.15, 0.2) is 36.4 Å². The Bertz CT molecular complexity index is 772. The first-order valence-electron chi connectivity index (χ1n) is 7.46. The molecule has 2 rings (SSSR count). The van der Waals surface area contributed by atoms with Crippen LogP contribution in [0.1, 0.15) is 33.2 Å². The molecule has 0 aliphatic rings. The van der Waals surface area contributed by atoms with Crippen LogP contribution in [-0.4, -0.2) is 26.0 Å². The van der Waals surface area contributed by atoms with Crippen LogP contribution in [0, 0.1) is 0 Å². The number of amides is 2. The summed E-state index contributed by atoms with van der Waals surface area (Å²) < 4.78 is 10.5. The average Bonchev–Trinajstić information content (AvgIpc) is 2.60. The number of anilines is 1. The Morgan fingerprint density at radius 2 is 1.75 bits per heavy atom. The maximum atomic E-state index is 12.6. The fraction of sp³-hybridized carbons (Fsp3) is 0.222. The zero-order valence-electron chi connectivity index (χ0n) is 13.9. The summed E-state index contributed by atoms with van der Waals surface area (Å²) in [5.41, 5.74) is 7.40. The summed E-state index contributed by atoms with van der Waals surface area (Å²) in [5, 5.41) is 2.77. The molecule has 6 heteroatoms.